The summed E-state index contributed by atoms with van der Waals surface area (Å²) in [4.78, 5) is 24.5. The van der Waals surface area contributed by atoms with Crippen molar-refractivity contribution >= 4 is 44.5 Å². The number of halogens is 1. The molecule has 8 heteroatoms. The second kappa shape index (κ2) is 7.67. The van der Waals surface area contributed by atoms with Crippen LogP contribution in [0, 0.1) is 17.0 Å². The second-order valence-electron chi connectivity index (χ2n) is 5.19. The number of anilines is 1. The Kier molecular flexibility index (Phi) is 5.86. The number of hydrogen-bond donors (Lipinski definition) is 1. The Morgan fingerprint density at radius 1 is 1.48 bits per heavy atom. The molecular formula is C15H16BrN3O3S. The Bertz CT molecular complexity index is 733. The summed E-state index contributed by atoms with van der Waals surface area (Å²) >= 11 is 5.01. The average Bonchev–Trinajstić information content (AvgIpc) is 2.85. The highest BCUT2D eigenvalue weighted by Crippen LogP contribution is 2.25. The van der Waals surface area contributed by atoms with E-state index in [0.29, 0.717) is 17.8 Å². The molecule has 0 radical (unpaired) electrons. The van der Waals surface area contributed by atoms with Gasteiger partial charge in [-0.2, -0.15) is 0 Å². The van der Waals surface area contributed by atoms with Crippen LogP contribution < -0.4 is 5.32 Å². The third-order valence-corrected chi connectivity index (χ3v) is 4.82. The Balaban J connectivity index is 1.97. The van der Waals surface area contributed by atoms with Crippen LogP contribution in [0.5, 0.6) is 0 Å². The molecule has 0 bridgehead atoms. The quantitative estimate of drug-likeness (QED) is 0.593. The SMILES string of the molecule is Cc1c(NC(=O)CN(C)Cc2csc(Br)c2)cccc1[N+](=O)[O-]. The summed E-state index contributed by atoms with van der Waals surface area (Å²) in [6.45, 7) is 2.49. The zero-order valence-corrected chi connectivity index (χ0v) is 15.1. The highest BCUT2D eigenvalue weighted by Gasteiger charge is 2.15. The maximum Gasteiger partial charge on any atom is 0.274 e. The van der Waals surface area contributed by atoms with Gasteiger partial charge in [0.05, 0.1) is 26.5 Å². The van der Waals surface area contributed by atoms with Crippen LogP contribution in [0.3, 0.4) is 0 Å². The lowest BCUT2D eigenvalue weighted by atomic mass is 10.1. The zero-order valence-electron chi connectivity index (χ0n) is 12.7. The lowest BCUT2D eigenvalue weighted by molar-refractivity contribution is -0.385. The van der Waals surface area contributed by atoms with E-state index in [4.69, 9.17) is 0 Å². The number of benzene rings is 1. The van der Waals surface area contributed by atoms with Crippen LogP contribution in [0.1, 0.15) is 11.1 Å². The number of nitro groups is 1. The van der Waals surface area contributed by atoms with Crippen LogP contribution in [0.15, 0.2) is 33.4 Å². The van der Waals surface area contributed by atoms with Crippen LogP contribution >= 0.6 is 27.3 Å². The van der Waals surface area contributed by atoms with Gasteiger partial charge in [-0.1, -0.05) is 6.07 Å². The summed E-state index contributed by atoms with van der Waals surface area (Å²) in [5.74, 6) is -0.203. The van der Waals surface area contributed by atoms with Crippen LogP contribution in [-0.4, -0.2) is 29.3 Å². The largest absolute Gasteiger partial charge is 0.324 e. The Labute approximate surface area is 146 Å². The third kappa shape index (κ3) is 4.85. The van der Waals surface area contributed by atoms with Crippen molar-refractivity contribution in [3.05, 3.63) is 54.7 Å². The van der Waals surface area contributed by atoms with Crippen molar-refractivity contribution in [3.8, 4) is 0 Å². The van der Waals surface area contributed by atoms with Crippen molar-refractivity contribution in [2.75, 3.05) is 18.9 Å². The number of nitrogens with one attached hydrogen (secondary N) is 1. The van der Waals surface area contributed by atoms with Gasteiger partial charge in [-0.15, -0.1) is 11.3 Å². The maximum atomic E-state index is 12.1. The predicted molar refractivity (Wildman–Crippen MR) is 94.8 cm³/mol. The smallest absolute Gasteiger partial charge is 0.274 e. The Hall–Kier alpha value is -1.77. The fourth-order valence-corrected chi connectivity index (χ4v) is 3.39. The highest BCUT2D eigenvalue weighted by atomic mass is 79.9. The highest BCUT2D eigenvalue weighted by molar-refractivity contribution is 9.11. The van der Waals surface area contributed by atoms with Gasteiger partial charge in [0, 0.05) is 12.6 Å². The van der Waals surface area contributed by atoms with E-state index < -0.39 is 4.92 Å². The molecule has 1 aromatic heterocycles. The summed E-state index contributed by atoms with van der Waals surface area (Å²) in [6, 6.07) is 6.67. The van der Waals surface area contributed by atoms with Gasteiger partial charge < -0.3 is 5.32 Å². The van der Waals surface area contributed by atoms with E-state index in [1.807, 2.05) is 23.4 Å². The van der Waals surface area contributed by atoms with Gasteiger partial charge in [-0.25, -0.2) is 0 Å². The van der Waals surface area contributed by atoms with E-state index in [9.17, 15) is 14.9 Å². The molecule has 0 saturated heterocycles. The number of nitrogens with zero attached hydrogens (tertiary/aromatic N) is 2. The molecule has 0 unspecified atom stereocenters. The van der Waals surface area contributed by atoms with Crippen molar-refractivity contribution in [2.24, 2.45) is 0 Å². The number of likely N-dealkylation sites (N-methyl/N-ethyl adjacent to an activating group) is 1. The summed E-state index contributed by atoms with van der Waals surface area (Å²) < 4.78 is 1.05. The van der Waals surface area contributed by atoms with Crippen molar-refractivity contribution in [1.82, 2.24) is 4.90 Å². The molecule has 1 N–H and O–H groups in total. The van der Waals surface area contributed by atoms with Gasteiger partial charge in [-0.05, 0) is 53.0 Å². The van der Waals surface area contributed by atoms with Gasteiger partial charge in [-0.3, -0.25) is 19.8 Å². The molecule has 122 valence electrons. The molecular weight excluding hydrogens is 382 g/mol. The van der Waals surface area contributed by atoms with E-state index in [0.717, 1.165) is 9.35 Å². The van der Waals surface area contributed by atoms with Gasteiger partial charge in [0.1, 0.15) is 0 Å². The van der Waals surface area contributed by atoms with Gasteiger partial charge >= 0.3 is 0 Å². The fourth-order valence-electron chi connectivity index (χ4n) is 2.19. The number of carbonyl (C=O) groups excluding carboxylic acids is 1. The summed E-state index contributed by atoms with van der Waals surface area (Å²) in [7, 11) is 1.85. The maximum absolute atomic E-state index is 12.1. The average molecular weight is 398 g/mol. The molecule has 1 amide bonds. The Morgan fingerprint density at radius 3 is 2.83 bits per heavy atom. The molecule has 0 aliphatic rings. The predicted octanol–water partition coefficient (Wildman–Crippen LogP) is 3.80. The minimum absolute atomic E-state index is 0.000669. The number of nitro benzene ring substituents is 1. The number of amides is 1. The molecule has 2 rings (SSSR count). The minimum Gasteiger partial charge on any atom is -0.324 e. The Morgan fingerprint density at radius 2 is 2.22 bits per heavy atom. The molecule has 6 nitrogen and oxygen atoms in total. The molecule has 1 heterocycles. The topological polar surface area (TPSA) is 75.5 Å². The third-order valence-electron chi connectivity index (χ3n) is 3.26. The van der Waals surface area contributed by atoms with Crippen LogP contribution in [-0.2, 0) is 11.3 Å². The first-order valence-corrected chi connectivity index (χ1v) is 8.49. The van der Waals surface area contributed by atoms with E-state index in [1.165, 1.54) is 6.07 Å². The zero-order chi connectivity index (χ0) is 17.0. The first-order valence-electron chi connectivity index (χ1n) is 6.82. The first kappa shape index (κ1) is 17.6. The molecule has 0 atom stereocenters. The minimum atomic E-state index is -0.453. The molecule has 0 saturated carbocycles. The van der Waals surface area contributed by atoms with Crippen LogP contribution in [0.2, 0.25) is 0 Å². The lowest BCUT2D eigenvalue weighted by Gasteiger charge is -2.16. The number of rotatable bonds is 6. The van der Waals surface area contributed by atoms with Crippen molar-refractivity contribution in [2.45, 2.75) is 13.5 Å². The molecule has 0 aliphatic heterocycles. The summed E-state index contributed by atoms with van der Waals surface area (Å²) in [6.07, 6.45) is 0. The van der Waals surface area contributed by atoms with E-state index >= 15 is 0 Å². The molecule has 0 aliphatic carbocycles. The van der Waals surface area contributed by atoms with Crippen LogP contribution in [0.25, 0.3) is 0 Å². The molecule has 2 aromatic rings. The molecule has 23 heavy (non-hydrogen) atoms. The fraction of sp³-hybridized carbons (Fsp3) is 0.267. The first-order chi connectivity index (χ1) is 10.9. The van der Waals surface area contributed by atoms with Gasteiger partial charge in [0.15, 0.2) is 0 Å². The van der Waals surface area contributed by atoms with Crippen molar-refractivity contribution < 1.29 is 9.72 Å². The normalized spacial score (nSPS) is 10.8. The molecule has 0 spiro atoms. The standard InChI is InChI=1S/C15H16BrN3O3S/c1-10-12(4-3-5-13(10)19(21)22)17-15(20)8-18(2)7-11-6-14(16)23-9-11/h3-6,9H,7-8H2,1-2H3,(H,17,20). The van der Waals surface area contributed by atoms with E-state index in [2.05, 4.69) is 21.2 Å². The van der Waals surface area contributed by atoms with Gasteiger partial charge in [0.25, 0.3) is 5.69 Å². The van der Waals surface area contributed by atoms with Gasteiger partial charge in [0.2, 0.25) is 5.91 Å². The summed E-state index contributed by atoms with van der Waals surface area (Å²) in [5, 5.41) is 15.7. The molecule has 0 fully saturated rings. The monoisotopic (exact) mass is 397 g/mol. The molecule has 1 aromatic carbocycles. The number of hydrogen-bond acceptors (Lipinski definition) is 5. The second-order valence-corrected chi connectivity index (χ2v) is 7.48. The number of carbonyl (C=O) groups is 1. The summed E-state index contributed by atoms with van der Waals surface area (Å²) in [5.41, 5.74) is 2.05. The van der Waals surface area contributed by atoms with Crippen molar-refractivity contribution in [1.29, 1.82) is 0 Å². The number of thiophene rings is 1. The van der Waals surface area contributed by atoms with E-state index in [1.54, 1.807) is 30.4 Å². The lowest BCUT2D eigenvalue weighted by Crippen LogP contribution is -2.29. The van der Waals surface area contributed by atoms with Crippen LogP contribution in [0.4, 0.5) is 11.4 Å². The van der Waals surface area contributed by atoms with E-state index in [-0.39, 0.29) is 18.1 Å². The van der Waals surface area contributed by atoms with Crippen molar-refractivity contribution in [3.63, 3.8) is 0 Å².